The molecule has 0 amide bonds. The molecule has 50 valence electrons. The highest BCUT2D eigenvalue weighted by Crippen LogP contribution is 1.73. The number of hydrogen-bond acceptors (Lipinski definition) is 3. The van der Waals surface area contributed by atoms with Gasteiger partial charge in [-0.25, -0.2) is 0 Å². The molecule has 1 aromatic rings. The molecule has 0 radical (unpaired) electrons. The summed E-state index contributed by atoms with van der Waals surface area (Å²) >= 11 is 9.53. The SMILES string of the molecule is ClCCl.c1cnnnc1. The van der Waals surface area contributed by atoms with Crippen molar-refractivity contribution in [2.24, 2.45) is 0 Å². The van der Waals surface area contributed by atoms with E-state index < -0.39 is 0 Å². The van der Waals surface area contributed by atoms with Crippen LogP contribution in [0.3, 0.4) is 0 Å². The Hall–Kier alpha value is -0.410. The molecule has 0 aliphatic rings. The summed E-state index contributed by atoms with van der Waals surface area (Å²) < 4.78 is 0. The number of rotatable bonds is 0. The molecular formula is C4H5Cl2N3. The number of halogens is 2. The lowest BCUT2D eigenvalue weighted by Gasteiger charge is -1.68. The minimum absolute atomic E-state index is 0.194. The van der Waals surface area contributed by atoms with Crippen LogP contribution in [0.2, 0.25) is 0 Å². The third kappa shape index (κ3) is 7.59. The molecule has 0 aliphatic carbocycles. The molecule has 1 aromatic heterocycles. The van der Waals surface area contributed by atoms with Gasteiger partial charge in [0.15, 0.2) is 0 Å². The molecule has 0 aromatic carbocycles. The fourth-order valence-electron chi connectivity index (χ4n) is 0.205. The maximum absolute atomic E-state index is 4.76. The summed E-state index contributed by atoms with van der Waals surface area (Å²) in [6.45, 7) is 0. The van der Waals surface area contributed by atoms with Crippen molar-refractivity contribution in [1.29, 1.82) is 0 Å². The van der Waals surface area contributed by atoms with Gasteiger partial charge in [0.2, 0.25) is 0 Å². The van der Waals surface area contributed by atoms with Crippen LogP contribution in [0.15, 0.2) is 18.5 Å². The van der Waals surface area contributed by atoms with E-state index in [0.29, 0.717) is 0 Å². The van der Waals surface area contributed by atoms with Gasteiger partial charge in [0.25, 0.3) is 0 Å². The molecule has 0 N–H and O–H groups in total. The number of alkyl halides is 2. The van der Waals surface area contributed by atoms with E-state index in [-0.39, 0.29) is 5.34 Å². The van der Waals surface area contributed by atoms with Crippen LogP contribution >= 0.6 is 23.2 Å². The van der Waals surface area contributed by atoms with E-state index >= 15 is 0 Å². The van der Waals surface area contributed by atoms with E-state index in [2.05, 4.69) is 15.4 Å². The van der Waals surface area contributed by atoms with Crippen LogP contribution < -0.4 is 0 Å². The Labute approximate surface area is 63.0 Å². The average molecular weight is 166 g/mol. The van der Waals surface area contributed by atoms with E-state index in [0.717, 1.165) is 0 Å². The molecule has 3 nitrogen and oxygen atoms in total. The quantitative estimate of drug-likeness (QED) is 0.545. The molecule has 0 bridgehead atoms. The van der Waals surface area contributed by atoms with Gasteiger partial charge in [-0.2, -0.15) is 0 Å². The van der Waals surface area contributed by atoms with Gasteiger partial charge in [0.1, 0.15) is 0 Å². The van der Waals surface area contributed by atoms with Gasteiger partial charge < -0.3 is 0 Å². The van der Waals surface area contributed by atoms with Gasteiger partial charge in [-0.1, -0.05) is 0 Å². The van der Waals surface area contributed by atoms with Crippen molar-refractivity contribution in [3.05, 3.63) is 18.5 Å². The first-order chi connectivity index (χ1) is 4.41. The molecule has 1 heterocycles. The van der Waals surface area contributed by atoms with Crippen molar-refractivity contribution in [3.8, 4) is 0 Å². The molecule has 0 saturated heterocycles. The smallest absolute Gasteiger partial charge is 0.0967 e. The Kier molecular flexibility index (Phi) is 7.24. The van der Waals surface area contributed by atoms with Crippen molar-refractivity contribution in [2.75, 3.05) is 5.34 Å². The fraction of sp³-hybridized carbons (Fsp3) is 0.250. The maximum atomic E-state index is 4.76. The van der Waals surface area contributed by atoms with Gasteiger partial charge in [0, 0.05) is 0 Å². The fourth-order valence-corrected chi connectivity index (χ4v) is 0.205. The van der Waals surface area contributed by atoms with Crippen LogP contribution in [0.4, 0.5) is 0 Å². The molecule has 1 rings (SSSR count). The maximum Gasteiger partial charge on any atom is 0.0967 e. The Morgan fingerprint density at radius 2 is 1.56 bits per heavy atom. The Morgan fingerprint density at radius 3 is 1.67 bits per heavy atom. The lowest BCUT2D eigenvalue weighted by Crippen LogP contribution is -1.78. The summed E-state index contributed by atoms with van der Waals surface area (Å²) in [4.78, 5) is 0. The highest BCUT2D eigenvalue weighted by molar-refractivity contribution is 6.40. The zero-order valence-electron chi connectivity index (χ0n) is 4.54. The molecule has 0 aliphatic heterocycles. The van der Waals surface area contributed by atoms with Crippen molar-refractivity contribution < 1.29 is 0 Å². The number of nitrogens with zero attached hydrogens (tertiary/aromatic N) is 3. The predicted molar refractivity (Wildman–Crippen MR) is 36.4 cm³/mol. The highest BCUT2D eigenvalue weighted by Gasteiger charge is 1.60. The van der Waals surface area contributed by atoms with E-state index in [9.17, 15) is 0 Å². The predicted octanol–water partition coefficient (Wildman–Crippen LogP) is 1.29. The average Bonchev–Trinajstić information content (AvgIpc) is 1.93. The second-order valence-electron chi connectivity index (χ2n) is 0.912. The number of aromatic nitrogens is 3. The van der Waals surface area contributed by atoms with Crippen LogP contribution in [0.25, 0.3) is 0 Å². The van der Waals surface area contributed by atoms with Crippen LogP contribution in [0, 0.1) is 0 Å². The van der Waals surface area contributed by atoms with Gasteiger partial charge in [-0.3, -0.25) is 0 Å². The molecule has 0 unspecified atom stereocenters. The molecular weight excluding hydrogens is 161 g/mol. The summed E-state index contributed by atoms with van der Waals surface area (Å²) in [5.74, 6) is 0. The Balaban J connectivity index is 0.000000187. The number of hydrogen-bond donors (Lipinski definition) is 0. The lowest BCUT2D eigenvalue weighted by atomic mass is 10.7. The zero-order chi connectivity index (χ0) is 6.95. The Bertz CT molecular complexity index is 96.7. The summed E-state index contributed by atoms with van der Waals surface area (Å²) in [5.41, 5.74) is 0. The van der Waals surface area contributed by atoms with Crippen molar-refractivity contribution >= 4 is 23.2 Å². The van der Waals surface area contributed by atoms with Crippen LogP contribution in [0.1, 0.15) is 0 Å². The van der Waals surface area contributed by atoms with E-state index in [1.807, 2.05) is 0 Å². The van der Waals surface area contributed by atoms with Gasteiger partial charge >= 0.3 is 0 Å². The molecule has 0 spiro atoms. The third-order valence-electron chi connectivity index (χ3n) is 0.409. The zero-order valence-corrected chi connectivity index (χ0v) is 6.05. The van der Waals surface area contributed by atoms with Crippen molar-refractivity contribution in [2.45, 2.75) is 0 Å². The van der Waals surface area contributed by atoms with E-state index in [1.54, 1.807) is 18.5 Å². The summed E-state index contributed by atoms with van der Waals surface area (Å²) in [6.07, 6.45) is 3.15. The summed E-state index contributed by atoms with van der Waals surface area (Å²) in [7, 11) is 0. The first kappa shape index (κ1) is 8.59. The lowest BCUT2D eigenvalue weighted by molar-refractivity contribution is 0.865. The van der Waals surface area contributed by atoms with Crippen LogP contribution in [-0.2, 0) is 0 Å². The topological polar surface area (TPSA) is 38.7 Å². The minimum atomic E-state index is 0.194. The van der Waals surface area contributed by atoms with Crippen molar-refractivity contribution in [1.82, 2.24) is 15.4 Å². The van der Waals surface area contributed by atoms with E-state index in [4.69, 9.17) is 23.2 Å². The molecule has 0 atom stereocenters. The Morgan fingerprint density at radius 1 is 1.11 bits per heavy atom. The first-order valence-corrected chi connectivity index (χ1v) is 3.19. The summed E-state index contributed by atoms with van der Waals surface area (Å²) in [6, 6.07) is 1.72. The largest absolute Gasteiger partial charge is 0.139 e. The molecule has 9 heavy (non-hydrogen) atoms. The highest BCUT2D eigenvalue weighted by atomic mass is 35.5. The summed E-state index contributed by atoms with van der Waals surface area (Å²) in [5, 5.41) is 10.3. The van der Waals surface area contributed by atoms with E-state index in [1.165, 1.54) is 0 Å². The minimum Gasteiger partial charge on any atom is -0.139 e. The van der Waals surface area contributed by atoms with Crippen LogP contribution in [0.5, 0.6) is 0 Å². The first-order valence-electron chi connectivity index (χ1n) is 2.12. The molecule has 0 fully saturated rings. The van der Waals surface area contributed by atoms with Gasteiger partial charge in [-0.15, -0.1) is 33.4 Å². The van der Waals surface area contributed by atoms with Gasteiger partial charge in [0.05, 0.1) is 17.7 Å². The van der Waals surface area contributed by atoms with Crippen molar-refractivity contribution in [3.63, 3.8) is 0 Å². The normalized spacial score (nSPS) is 7.33. The molecule has 0 saturated carbocycles. The monoisotopic (exact) mass is 165 g/mol. The third-order valence-corrected chi connectivity index (χ3v) is 0.409. The standard InChI is InChI=1S/C3H3N3.CH2Cl2/c1-2-4-6-5-3-1;2-1-3/h1-3H;1H2. The van der Waals surface area contributed by atoms with Crippen LogP contribution in [-0.4, -0.2) is 20.7 Å². The van der Waals surface area contributed by atoms with Gasteiger partial charge in [-0.05, 0) is 11.3 Å². The second-order valence-corrected chi connectivity index (χ2v) is 1.72. The molecule has 5 heteroatoms. The second kappa shape index (κ2) is 7.59.